The zero-order valence-corrected chi connectivity index (χ0v) is 18.0. The summed E-state index contributed by atoms with van der Waals surface area (Å²) in [5, 5.41) is 22.5. The Kier molecular flexibility index (Phi) is 5.32. The maximum absolute atomic E-state index is 14.0. The summed E-state index contributed by atoms with van der Waals surface area (Å²) in [5.74, 6) is 1.30. The van der Waals surface area contributed by atoms with Gasteiger partial charge in [0, 0.05) is 12.3 Å². The summed E-state index contributed by atoms with van der Waals surface area (Å²) in [5.41, 5.74) is 2.98. The molecule has 0 aliphatic carbocycles. The van der Waals surface area contributed by atoms with Gasteiger partial charge in [0.1, 0.15) is 30.7 Å². The highest BCUT2D eigenvalue weighted by Crippen LogP contribution is 2.34. The summed E-state index contributed by atoms with van der Waals surface area (Å²) in [6, 6.07) is 8.08. The van der Waals surface area contributed by atoms with Crippen LogP contribution in [0.3, 0.4) is 0 Å². The monoisotopic (exact) mass is 451 g/mol. The number of anilines is 2. The van der Waals surface area contributed by atoms with Gasteiger partial charge >= 0.3 is 0 Å². The smallest absolute Gasteiger partial charge is 0.239 e. The van der Waals surface area contributed by atoms with Gasteiger partial charge in [-0.05, 0) is 32.0 Å². The number of aromatic nitrogens is 4. The molecule has 3 aromatic rings. The molecule has 2 aliphatic rings. The van der Waals surface area contributed by atoms with Gasteiger partial charge in [-0.25, -0.2) is 14.4 Å². The predicted molar refractivity (Wildman–Crippen MR) is 115 cm³/mol. The van der Waals surface area contributed by atoms with Gasteiger partial charge in [-0.15, -0.1) is 0 Å². The molecule has 2 N–H and O–H groups in total. The molecule has 0 saturated carbocycles. The highest BCUT2D eigenvalue weighted by atomic mass is 19.1. The van der Waals surface area contributed by atoms with E-state index in [4.69, 9.17) is 14.7 Å². The second-order valence-electron chi connectivity index (χ2n) is 7.95. The van der Waals surface area contributed by atoms with Crippen molar-refractivity contribution in [3.8, 4) is 17.5 Å². The van der Waals surface area contributed by atoms with Crippen LogP contribution >= 0.6 is 0 Å². The number of hydrogen-bond acceptors (Lipinski definition) is 9. The molecular weight excluding hydrogens is 429 g/mol. The molecule has 5 rings (SSSR count). The van der Waals surface area contributed by atoms with Crippen LogP contribution in [0.1, 0.15) is 36.8 Å². The van der Waals surface area contributed by atoms with Crippen molar-refractivity contribution in [2.75, 3.05) is 16.8 Å². The van der Waals surface area contributed by atoms with Gasteiger partial charge in [0.15, 0.2) is 0 Å². The van der Waals surface area contributed by atoms with Gasteiger partial charge < -0.3 is 19.9 Å². The topological polar surface area (TPSA) is 121 Å². The number of nitrogens with one attached hydrogen (secondary N) is 1. The first-order valence-corrected chi connectivity index (χ1v) is 10.5. The number of ether oxygens (including phenoxy) is 2. The van der Waals surface area contributed by atoms with Crippen LogP contribution in [-0.2, 0) is 11.3 Å². The van der Waals surface area contributed by atoms with E-state index in [9.17, 15) is 9.50 Å². The zero-order valence-electron chi connectivity index (χ0n) is 18.0. The van der Waals surface area contributed by atoms with Crippen molar-refractivity contribution in [3.63, 3.8) is 0 Å². The Hall–Kier alpha value is -3.75. The molecular formula is C22H22FN7O3. The predicted octanol–water partition coefficient (Wildman–Crippen LogP) is 2.44. The van der Waals surface area contributed by atoms with Crippen LogP contribution < -0.4 is 15.0 Å². The lowest BCUT2D eigenvalue weighted by Crippen LogP contribution is -2.42. The molecule has 11 heteroatoms. The van der Waals surface area contributed by atoms with Gasteiger partial charge in [-0.2, -0.15) is 10.2 Å². The third-order valence-corrected chi connectivity index (χ3v) is 5.81. The number of rotatable bonds is 5. The summed E-state index contributed by atoms with van der Waals surface area (Å²) >= 11 is 0. The molecule has 1 saturated heterocycles. The molecule has 33 heavy (non-hydrogen) atoms. The first kappa shape index (κ1) is 21.1. The van der Waals surface area contributed by atoms with E-state index in [0.29, 0.717) is 29.7 Å². The number of aliphatic hydroxyl groups excluding tert-OH is 1. The zero-order chi connectivity index (χ0) is 23.1. The third kappa shape index (κ3) is 3.73. The summed E-state index contributed by atoms with van der Waals surface area (Å²) in [6.07, 6.45) is 0.777. The van der Waals surface area contributed by atoms with Gasteiger partial charge in [-0.3, -0.25) is 9.47 Å². The fourth-order valence-electron chi connectivity index (χ4n) is 4.12. The summed E-state index contributed by atoms with van der Waals surface area (Å²) in [6.45, 7) is 3.72. The number of fused-ring (bicyclic) bond motifs is 3. The Balaban J connectivity index is 1.38. The Morgan fingerprint density at radius 3 is 2.94 bits per heavy atom. The third-order valence-electron chi connectivity index (χ3n) is 5.81. The highest BCUT2D eigenvalue weighted by Gasteiger charge is 2.38. The number of benzene rings is 1. The van der Waals surface area contributed by atoms with Crippen LogP contribution in [-0.4, -0.2) is 49.9 Å². The minimum atomic E-state index is -1.27. The van der Waals surface area contributed by atoms with Crippen LogP contribution in [0.15, 0.2) is 36.8 Å². The maximum atomic E-state index is 14.0. The maximum Gasteiger partial charge on any atom is 0.239 e. The molecule has 4 heterocycles. The van der Waals surface area contributed by atoms with Gasteiger partial charge in [0.25, 0.3) is 0 Å². The van der Waals surface area contributed by atoms with E-state index in [0.717, 1.165) is 17.1 Å². The van der Waals surface area contributed by atoms with Crippen LogP contribution in [0.2, 0.25) is 0 Å². The van der Waals surface area contributed by atoms with E-state index in [1.807, 2.05) is 17.6 Å². The normalized spacial score (nSPS) is 20.9. The SMILES string of the molecule is C[C@H](Nc1nccc(N2C(O)OCC2[C@H](C)F)n1)c1ncn2c1COc1cc(C#N)ccc1-2. The van der Waals surface area contributed by atoms with Gasteiger partial charge in [0.2, 0.25) is 12.4 Å². The molecule has 0 spiro atoms. The molecule has 10 nitrogen and oxygen atoms in total. The van der Waals surface area contributed by atoms with E-state index in [1.165, 1.54) is 18.0 Å². The number of alkyl halides is 1. The highest BCUT2D eigenvalue weighted by molar-refractivity contribution is 5.54. The Bertz CT molecular complexity index is 1220. The lowest BCUT2D eigenvalue weighted by atomic mass is 10.1. The first-order chi connectivity index (χ1) is 16.0. The number of nitrogens with zero attached hydrogens (tertiary/aromatic N) is 6. The molecule has 2 aliphatic heterocycles. The van der Waals surface area contributed by atoms with Gasteiger partial charge in [-0.1, -0.05) is 0 Å². The number of nitriles is 1. The van der Waals surface area contributed by atoms with E-state index in [1.54, 1.807) is 24.5 Å². The van der Waals surface area contributed by atoms with Crippen molar-refractivity contribution in [3.05, 3.63) is 53.7 Å². The molecule has 0 radical (unpaired) electrons. The standard InChI is InChI=1S/C22H22FN7O3/c1-12(23)16-9-33-22(31)30(16)19-5-6-25-21(28-19)27-13(2)20-17-10-32-18-7-14(8-24)3-4-15(18)29(17)11-26-20/h3-7,11-13,16,22,31H,9-10H2,1-2H3,(H,25,27,28)/t12-,13-,16?,22?/m0/s1. The molecule has 4 atom stereocenters. The largest absolute Gasteiger partial charge is 0.485 e. The van der Waals surface area contributed by atoms with Crippen LogP contribution in [0.4, 0.5) is 16.2 Å². The summed E-state index contributed by atoms with van der Waals surface area (Å²) in [7, 11) is 0. The lowest BCUT2D eigenvalue weighted by molar-refractivity contribution is -0.0579. The molecule has 170 valence electrons. The van der Waals surface area contributed by atoms with Gasteiger partial charge in [0.05, 0.1) is 47.4 Å². The lowest BCUT2D eigenvalue weighted by Gasteiger charge is -2.27. The van der Waals surface area contributed by atoms with E-state index in [-0.39, 0.29) is 12.6 Å². The number of aliphatic hydroxyl groups is 1. The minimum Gasteiger partial charge on any atom is -0.485 e. The summed E-state index contributed by atoms with van der Waals surface area (Å²) in [4.78, 5) is 14.7. The molecule has 0 amide bonds. The summed E-state index contributed by atoms with van der Waals surface area (Å²) < 4.78 is 27.0. The average molecular weight is 451 g/mol. The number of hydrogen-bond donors (Lipinski definition) is 2. The van der Waals surface area contributed by atoms with Crippen molar-refractivity contribution < 1.29 is 19.0 Å². The fourth-order valence-corrected chi connectivity index (χ4v) is 4.12. The first-order valence-electron chi connectivity index (χ1n) is 10.5. The van der Waals surface area contributed by atoms with Crippen molar-refractivity contribution in [1.29, 1.82) is 5.26 Å². The molecule has 1 fully saturated rings. The number of halogens is 1. The van der Waals surface area contributed by atoms with Crippen molar-refractivity contribution in [1.82, 2.24) is 19.5 Å². The minimum absolute atomic E-state index is 0.0696. The van der Waals surface area contributed by atoms with Crippen molar-refractivity contribution in [2.24, 2.45) is 0 Å². The average Bonchev–Trinajstić information content (AvgIpc) is 3.42. The van der Waals surface area contributed by atoms with Crippen LogP contribution in [0.25, 0.3) is 5.69 Å². The fraction of sp³-hybridized carbons (Fsp3) is 0.364. The molecule has 0 bridgehead atoms. The number of imidazole rings is 1. The second-order valence-corrected chi connectivity index (χ2v) is 7.95. The molecule has 2 unspecified atom stereocenters. The van der Waals surface area contributed by atoms with Crippen LogP contribution in [0.5, 0.6) is 5.75 Å². The molecule has 2 aromatic heterocycles. The quantitative estimate of drug-likeness (QED) is 0.602. The van der Waals surface area contributed by atoms with E-state index < -0.39 is 18.6 Å². The Labute approximate surface area is 189 Å². The van der Waals surface area contributed by atoms with Crippen molar-refractivity contribution >= 4 is 11.8 Å². The van der Waals surface area contributed by atoms with E-state index >= 15 is 0 Å². The van der Waals surface area contributed by atoms with E-state index in [2.05, 4.69) is 26.3 Å². The Morgan fingerprint density at radius 1 is 1.30 bits per heavy atom. The second kappa shape index (κ2) is 8.31. The van der Waals surface area contributed by atoms with Crippen LogP contribution in [0, 0.1) is 11.3 Å². The Morgan fingerprint density at radius 2 is 2.15 bits per heavy atom. The van der Waals surface area contributed by atoms with Crippen molar-refractivity contribution in [2.45, 2.75) is 45.1 Å². The molecule has 1 aromatic carbocycles.